The van der Waals surface area contributed by atoms with Crippen molar-refractivity contribution in [3.8, 4) is 0 Å². The van der Waals surface area contributed by atoms with Crippen molar-refractivity contribution >= 4 is 0 Å². The molecule has 3 aliphatic rings. The van der Waals surface area contributed by atoms with E-state index in [9.17, 15) is 5.11 Å². The van der Waals surface area contributed by atoms with Gasteiger partial charge in [0, 0.05) is 18.0 Å². The molecule has 1 N–H and O–H groups in total. The molecule has 2 saturated heterocycles. The highest BCUT2D eigenvalue weighted by molar-refractivity contribution is 5.50. The molecule has 1 saturated carbocycles. The average molecular weight is 398 g/mol. The van der Waals surface area contributed by atoms with Gasteiger partial charge in [-0.05, 0) is 54.8 Å². The fourth-order valence-corrected chi connectivity index (χ4v) is 5.87. The summed E-state index contributed by atoms with van der Waals surface area (Å²) in [5.41, 5.74) is 3.87. The predicted molar refractivity (Wildman–Crippen MR) is 123 cm³/mol. The first-order valence-corrected chi connectivity index (χ1v) is 11.4. The van der Waals surface area contributed by atoms with Gasteiger partial charge in [0.25, 0.3) is 0 Å². The van der Waals surface area contributed by atoms with Crippen LogP contribution in [0, 0.1) is 5.92 Å². The zero-order valence-corrected chi connectivity index (χ0v) is 17.5. The molecule has 2 nitrogen and oxygen atoms in total. The molecule has 0 spiro atoms. The number of fused-ring (bicyclic) bond motifs is 3. The molecule has 0 aromatic heterocycles. The molecule has 3 unspecified atom stereocenters. The van der Waals surface area contributed by atoms with E-state index in [1.54, 1.807) is 0 Å². The summed E-state index contributed by atoms with van der Waals surface area (Å²) < 4.78 is 0. The normalized spacial score (nSPS) is 24.1. The molecule has 2 heterocycles. The van der Waals surface area contributed by atoms with Crippen molar-refractivity contribution in [3.05, 3.63) is 108 Å². The van der Waals surface area contributed by atoms with E-state index >= 15 is 0 Å². The summed E-state index contributed by atoms with van der Waals surface area (Å²) in [7, 11) is 0. The van der Waals surface area contributed by atoms with Crippen LogP contribution in [0.3, 0.4) is 0 Å². The lowest BCUT2D eigenvalue weighted by atomic mass is 9.67. The second kappa shape index (κ2) is 8.37. The summed E-state index contributed by atoms with van der Waals surface area (Å²) in [4.78, 5) is 2.66. The van der Waals surface area contributed by atoms with Crippen molar-refractivity contribution in [1.82, 2.24) is 4.90 Å². The minimum absolute atomic E-state index is 0.0953. The molecule has 2 bridgehead atoms. The number of piperidine rings is 2. The van der Waals surface area contributed by atoms with Crippen molar-refractivity contribution in [2.45, 2.75) is 43.2 Å². The van der Waals surface area contributed by atoms with Crippen LogP contribution in [0.1, 0.15) is 42.4 Å². The third-order valence-corrected chi connectivity index (χ3v) is 7.49. The third kappa shape index (κ3) is 3.49. The highest BCUT2D eigenvalue weighted by Crippen LogP contribution is 2.43. The number of hydrogen-bond donors (Lipinski definition) is 1. The van der Waals surface area contributed by atoms with E-state index in [0.717, 1.165) is 25.9 Å². The summed E-state index contributed by atoms with van der Waals surface area (Å²) in [6.07, 6.45) is 4.30. The van der Waals surface area contributed by atoms with Crippen LogP contribution < -0.4 is 0 Å². The molecule has 6 rings (SSSR count). The predicted octanol–water partition coefficient (Wildman–Crippen LogP) is 5.26. The molecule has 3 aromatic rings. The maximum absolute atomic E-state index is 10.4. The van der Waals surface area contributed by atoms with E-state index in [4.69, 9.17) is 0 Å². The topological polar surface area (TPSA) is 23.5 Å². The highest BCUT2D eigenvalue weighted by atomic mass is 16.3. The maximum atomic E-state index is 10.4. The molecule has 30 heavy (non-hydrogen) atoms. The molecule has 0 radical (unpaired) electrons. The van der Waals surface area contributed by atoms with Crippen LogP contribution in [0.5, 0.6) is 0 Å². The first-order valence-electron chi connectivity index (χ1n) is 11.4. The van der Waals surface area contributed by atoms with Crippen LogP contribution in [-0.2, 0) is 5.41 Å². The number of aliphatic hydroxyl groups excluding tert-OH is 1. The standard InChI is InChI=1S/C28H31NO/c30-27-20-26-17-16-22(27)21-29(26)19-18-28(23-10-4-1-5-11-23,24-12-6-2-7-13-24)25-14-8-3-9-15-25/h1-15,22,26-27,30H,16-21H2. The van der Waals surface area contributed by atoms with Crippen molar-refractivity contribution in [2.75, 3.05) is 13.1 Å². The Morgan fingerprint density at radius 1 is 0.733 bits per heavy atom. The summed E-state index contributed by atoms with van der Waals surface area (Å²) in [5, 5.41) is 10.4. The molecule has 0 amide bonds. The zero-order chi connectivity index (χ0) is 20.4. The van der Waals surface area contributed by atoms with Crippen molar-refractivity contribution in [2.24, 2.45) is 5.92 Å². The fourth-order valence-electron chi connectivity index (χ4n) is 5.87. The van der Waals surface area contributed by atoms with Crippen molar-refractivity contribution in [3.63, 3.8) is 0 Å². The summed E-state index contributed by atoms with van der Waals surface area (Å²) >= 11 is 0. The van der Waals surface area contributed by atoms with Gasteiger partial charge in [-0.2, -0.15) is 0 Å². The van der Waals surface area contributed by atoms with E-state index in [2.05, 4.69) is 95.9 Å². The lowest BCUT2D eigenvalue weighted by Crippen LogP contribution is -2.54. The van der Waals surface area contributed by atoms with Crippen LogP contribution in [0.2, 0.25) is 0 Å². The number of benzene rings is 3. The van der Waals surface area contributed by atoms with Gasteiger partial charge in [-0.1, -0.05) is 91.0 Å². The number of rotatable bonds is 6. The van der Waals surface area contributed by atoms with Crippen LogP contribution in [0.15, 0.2) is 91.0 Å². The van der Waals surface area contributed by atoms with Gasteiger partial charge >= 0.3 is 0 Å². The number of nitrogens with zero attached hydrogens (tertiary/aromatic N) is 1. The smallest absolute Gasteiger partial charge is 0.0595 e. The Hall–Kier alpha value is -2.42. The molecular weight excluding hydrogens is 366 g/mol. The molecule has 1 aliphatic carbocycles. The van der Waals surface area contributed by atoms with Gasteiger partial charge in [0.1, 0.15) is 0 Å². The largest absolute Gasteiger partial charge is 0.393 e. The Bertz CT molecular complexity index is 843. The Balaban J connectivity index is 1.56. The monoisotopic (exact) mass is 397 g/mol. The first-order chi connectivity index (χ1) is 14.8. The van der Waals surface area contributed by atoms with Gasteiger partial charge in [-0.25, -0.2) is 0 Å². The minimum Gasteiger partial charge on any atom is -0.393 e. The van der Waals surface area contributed by atoms with Gasteiger partial charge in [-0.15, -0.1) is 0 Å². The van der Waals surface area contributed by atoms with Crippen molar-refractivity contribution in [1.29, 1.82) is 0 Å². The molecule has 3 aromatic carbocycles. The minimum atomic E-state index is -0.181. The molecule has 2 aliphatic heterocycles. The molecule has 3 atom stereocenters. The van der Waals surface area contributed by atoms with Gasteiger partial charge in [0.05, 0.1) is 6.10 Å². The first kappa shape index (κ1) is 19.5. The SMILES string of the molecule is OC1CC2CCC1CN2CCC(c1ccccc1)(c1ccccc1)c1ccccc1. The van der Waals surface area contributed by atoms with E-state index in [0.29, 0.717) is 12.0 Å². The Morgan fingerprint density at radius 3 is 1.63 bits per heavy atom. The lowest BCUT2D eigenvalue weighted by molar-refractivity contribution is -0.0503. The summed E-state index contributed by atoms with van der Waals surface area (Å²) in [6, 6.07) is 33.5. The summed E-state index contributed by atoms with van der Waals surface area (Å²) in [5.74, 6) is 0.453. The Labute approximate surface area is 180 Å². The summed E-state index contributed by atoms with van der Waals surface area (Å²) in [6.45, 7) is 2.09. The van der Waals surface area contributed by atoms with E-state index in [-0.39, 0.29) is 11.5 Å². The average Bonchev–Trinajstić information content (AvgIpc) is 2.82. The number of aliphatic hydroxyl groups is 1. The van der Waals surface area contributed by atoms with Crippen LogP contribution >= 0.6 is 0 Å². The zero-order valence-electron chi connectivity index (χ0n) is 17.5. The van der Waals surface area contributed by atoms with Crippen molar-refractivity contribution < 1.29 is 5.11 Å². The van der Waals surface area contributed by atoms with E-state index < -0.39 is 0 Å². The Kier molecular flexibility index (Phi) is 5.45. The Morgan fingerprint density at radius 2 is 1.23 bits per heavy atom. The molecule has 154 valence electrons. The van der Waals surface area contributed by atoms with E-state index in [1.807, 2.05) is 0 Å². The van der Waals surface area contributed by atoms with Gasteiger partial charge in [0.15, 0.2) is 0 Å². The van der Waals surface area contributed by atoms with Gasteiger partial charge in [0.2, 0.25) is 0 Å². The third-order valence-electron chi connectivity index (χ3n) is 7.49. The lowest BCUT2D eigenvalue weighted by Gasteiger charge is -2.49. The number of hydrogen-bond acceptors (Lipinski definition) is 2. The molecule has 2 heteroatoms. The molecule has 3 fully saturated rings. The van der Waals surface area contributed by atoms with E-state index in [1.165, 1.54) is 29.5 Å². The second-order valence-corrected chi connectivity index (χ2v) is 9.04. The maximum Gasteiger partial charge on any atom is 0.0595 e. The van der Waals surface area contributed by atoms with Gasteiger partial charge in [-0.3, -0.25) is 4.90 Å². The van der Waals surface area contributed by atoms with Gasteiger partial charge < -0.3 is 5.11 Å². The van der Waals surface area contributed by atoms with Crippen LogP contribution in [0.25, 0.3) is 0 Å². The van der Waals surface area contributed by atoms with Crippen LogP contribution in [0.4, 0.5) is 0 Å². The quantitative estimate of drug-likeness (QED) is 0.574. The highest BCUT2D eigenvalue weighted by Gasteiger charge is 2.42. The van der Waals surface area contributed by atoms with Crippen LogP contribution in [-0.4, -0.2) is 35.2 Å². The second-order valence-electron chi connectivity index (χ2n) is 9.04. The molecular formula is C28H31NO. The fraction of sp³-hybridized carbons (Fsp3) is 0.357.